The average Bonchev–Trinajstić information content (AvgIpc) is 3.57. The number of alkyl carbamates (subject to hydrolysis) is 1. The third-order valence-corrected chi connectivity index (χ3v) is 8.79. The van der Waals surface area contributed by atoms with E-state index in [2.05, 4.69) is 26.6 Å². The SMILES string of the molecule is CC(C)C[C@H]1NC(=O)[C@H](CCCNC(=O)OCc2ccccc2)NC(=O)[C@H](C(C)C)NC(=O)[C@@H]2CC[C@@H](O2)[C@@H](Cc2ccccc2)NC1=O. The van der Waals surface area contributed by atoms with E-state index in [-0.39, 0.29) is 37.3 Å². The lowest BCUT2D eigenvalue weighted by atomic mass is 9.97. The van der Waals surface area contributed by atoms with Crippen LogP contribution in [0.2, 0.25) is 0 Å². The molecule has 2 aliphatic heterocycles. The van der Waals surface area contributed by atoms with Crippen LogP contribution in [-0.4, -0.2) is 72.6 Å². The summed E-state index contributed by atoms with van der Waals surface area (Å²) in [6.45, 7) is 7.87. The molecule has 49 heavy (non-hydrogen) atoms. The Balaban J connectivity index is 1.51. The Kier molecular flexibility index (Phi) is 14.0. The van der Waals surface area contributed by atoms with E-state index in [1.807, 2.05) is 88.4 Å². The van der Waals surface area contributed by atoms with Gasteiger partial charge in [-0.15, -0.1) is 0 Å². The fourth-order valence-corrected chi connectivity index (χ4v) is 6.14. The van der Waals surface area contributed by atoms with Crippen molar-refractivity contribution >= 4 is 29.7 Å². The third kappa shape index (κ3) is 11.6. The Bertz CT molecular complexity index is 1400. The molecule has 2 bridgehead atoms. The molecule has 12 nitrogen and oxygen atoms in total. The minimum atomic E-state index is -1.03. The molecule has 0 aliphatic carbocycles. The van der Waals surface area contributed by atoms with Gasteiger partial charge in [-0.1, -0.05) is 88.4 Å². The molecule has 0 aromatic heterocycles. The summed E-state index contributed by atoms with van der Waals surface area (Å²) in [7, 11) is 0. The van der Waals surface area contributed by atoms with Crippen molar-refractivity contribution < 1.29 is 33.4 Å². The second kappa shape index (κ2) is 18.4. The fraction of sp³-hybridized carbons (Fsp3) is 0.541. The molecular weight excluding hydrogens is 626 g/mol. The highest BCUT2D eigenvalue weighted by Crippen LogP contribution is 2.25. The van der Waals surface area contributed by atoms with Crippen LogP contribution in [0.25, 0.3) is 0 Å². The van der Waals surface area contributed by atoms with E-state index in [0.29, 0.717) is 32.1 Å². The monoisotopic (exact) mass is 677 g/mol. The lowest BCUT2D eigenvalue weighted by molar-refractivity contribution is -0.138. The van der Waals surface area contributed by atoms with Crippen LogP contribution in [0.1, 0.15) is 70.9 Å². The first-order valence-electron chi connectivity index (χ1n) is 17.4. The fourth-order valence-electron chi connectivity index (χ4n) is 6.14. The summed E-state index contributed by atoms with van der Waals surface area (Å²) in [5.41, 5.74) is 1.85. The van der Waals surface area contributed by atoms with Crippen molar-refractivity contribution in [2.75, 3.05) is 6.54 Å². The Morgan fingerprint density at radius 3 is 2.08 bits per heavy atom. The van der Waals surface area contributed by atoms with Gasteiger partial charge in [0.1, 0.15) is 30.8 Å². The molecular formula is C37H51N5O7. The molecule has 2 saturated heterocycles. The number of benzene rings is 2. The maximum Gasteiger partial charge on any atom is 0.407 e. The number of hydrogen-bond acceptors (Lipinski definition) is 7. The van der Waals surface area contributed by atoms with Crippen molar-refractivity contribution in [2.24, 2.45) is 11.8 Å². The second-order valence-electron chi connectivity index (χ2n) is 13.7. The number of hydrogen-bond donors (Lipinski definition) is 5. The van der Waals surface area contributed by atoms with Gasteiger partial charge in [-0.3, -0.25) is 19.2 Å². The number of fused-ring (bicyclic) bond motifs is 2. The highest BCUT2D eigenvalue weighted by molar-refractivity contribution is 5.95. The zero-order valence-electron chi connectivity index (χ0n) is 28.9. The summed E-state index contributed by atoms with van der Waals surface area (Å²) < 4.78 is 11.5. The summed E-state index contributed by atoms with van der Waals surface area (Å²) in [6.07, 6.45) is 0.508. The zero-order chi connectivity index (χ0) is 35.3. The van der Waals surface area contributed by atoms with Gasteiger partial charge in [0, 0.05) is 6.54 Å². The minimum Gasteiger partial charge on any atom is -0.445 e. The molecule has 12 heteroatoms. The molecule has 2 fully saturated rings. The number of rotatable bonds is 11. The largest absolute Gasteiger partial charge is 0.445 e. The molecule has 2 aliphatic rings. The van der Waals surface area contributed by atoms with Gasteiger partial charge in [0.2, 0.25) is 23.6 Å². The molecule has 2 aromatic rings. The number of ether oxygens (including phenoxy) is 2. The van der Waals surface area contributed by atoms with Crippen LogP contribution >= 0.6 is 0 Å². The molecule has 5 amide bonds. The van der Waals surface area contributed by atoms with Crippen LogP contribution in [0.15, 0.2) is 60.7 Å². The van der Waals surface area contributed by atoms with Crippen LogP contribution in [-0.2, 0) is 41.7 Å². The molecule has 0 unspecified atom stereocenters. The summed E-state index contributed by atoms with van der Waals surface area (Å²) in [5, 5.41) is 14.4. The van der Waals surface area contributed by atoms with E-state index in [4.69, 9.17) is 9.47 Å². The third-order valence-electron chi connectivity index (χ3n) is 8.79. The van der Waals surface area contributed by atoms with E-state index in [1.165, 1.54) is 0 Å². The van der Waals surface area contributed by atoms with Crippen LogP contribution in [0.5, 0.6) is 0 Å². The first kappa shape index (κ1) is 37.4. The van der Waals surface area contributed by atoms with Crippen LogP contribution in [0, 0.1) is 11.8 Å². The molecule has 2 aromatic carbocycles. The number of carbonyl (C=O) groups excluding carboxylic acids is 5. The summed E-state index contributed by atoms with van der Waals surface area (Å²) in [6, 6.07) is 15.7. The van der Waals surface area contributed by atoms with Crippen molar-refractivity contribution in [1.29, 1.82) is 0 Å². The van der Waals surface area contributed by atoms with E-state index >= 15 is 0 Å². The van der Waals surface area contributed by atoms with Gasteiger partial charge in [0.25, 0.3) is 0 Å². The first-order chi connectivity index (χ1) is 23.5. The highest BCUT2D eigenvalue weighted by Gasteiger charge is 2.40. The number of amides is 5. The summed E-state index contributed by atoms with van der Waals surface area (Å²) >= 11 is 0. The predicted octanol–water partition coefficient (Wildman–Crippen LogP) is 3.14. The Morgan fingerprint density at radius 1 is 0.796 bits per heavy atom. The maximum atomic E-state index is 13.9. The van der Waals surface area contributed by atoms with Crippen molar-refractivity contribution in [3.8, 4) is 0 Å². The van der Waals surface area contributed by atoms with Gasteiger partial charge in [-0.2, -0.15) is 0 Å². The Labute approximate surface area is 288 Å². The van der Waals surface area contributed by atoms with Crippen LogP contribution in [0.4, 0.5) is 4.79 Å². The molecule has 4 rings (SSSR count). The molecule has 266 valence electrons. The Hall–Kier alpha value is -4.45. The van der Waals surface area contributed by atoms with Crippen molar-refractivity contribution in [2.45, 2.75) is 109 Å². The maximum absolute atomic E-state index is 13.9. The topological polar surface area (TPSA) is 164 Å². The van der Waals surface area contributed by atoms with Gasteiger partial charge in [0.05, 0.1) is 12.1 Å². The Morgan fingerprint density at radius 2 is 1.43 bits per heavy atom. The summed E-state index contributed by atoms with van der Waals surface area (Å²) in [4.78, 5) is 67.0. The smallest absolute Gasteiger partial charge is 0.407 e. The predicted molar refractivity (Wildman–Crippen MR) is 184 cm³/mol. The van der Waals surface area contributed by atoms with E-state index in [1.54, 1.807) is 0 Å². The molecule has 6 atom stereocenters. The molecule has 0 spiro atoms. The zero-order valence-corrected chi connectivity index (χ0v) is 28.9. The lowest BCUT2D eigenvalue weighted by Gasteiger charge is -2.29. The van der Waals surface area contributed by atoms with Crippen LogP contribution in [0.3, 0.4) is 0 Å². The summed E-state index contributed by atoms with van der Waals surface area (Å²) in [5.74, 6) is -2.03. The van der Waals surface area contributed by atoms with Gasteiger partial charge >= 0.3 is 6.09 Å². The number of nitrogens with one attached hydrogen (secondary N) is 5. The average molecular weight is 678 g/mol. The standard InChI is InChI=1S/C37H51N5O7/c1-23(2)20-29-34(44)40-28(21-25-12-7-5-8-13-25)30-17-18-31(49-30)35(45)42-32(24(3)4)36(46)39-27(33(43)41-29)16-11-19-38-37(47)48-22-26-14-9-6-10-15-26/h5-10,12-15,23-24,27-32H,11,16-22H2,1-4H3,(H,38,47)(H,39,46)(H,40,44)(H,41,43)(H,42,45)/t27-,28+,29+,30+,31-,32-/m0/s1. The first-order valence-corrected chi connectivity index (χ1v) is 17.4. The molecule has 5 N–H and O–H groups in total. The van der Waals surface area contributed by atoms with Crippen molar-refractivity contribution in [3.63, 3.8) is 0 Å². The highest BCUT2D eigenvalue weighted by atomic mass is 16.5. The van der Waals surface area contributed by atoms with Gasteiger partial charge in [0.15, 0.2) is 0 Å². The van der Waals surface area contributed by atoms with Crippen molar-refractivity contribution in [1.82, 2.24) is 26.6 Å². The second-order valence-corrected chi connectivity index (χ2v) is 13.7. The molecule has 0 saturated carbocycles. The van der Waals surface area contributed by atoms with Gasteiger partial charge < -0.3 is 36.1 Å². The van der Waals surface area contributed by atoms with E-state index in [9.17, 15) is 24.0 Å². The van der Waals surface area contributed by atoms with E-state index < -0.39 is 60.2 Å². The van der Waals surface area contributed by atoms with Crippen LogP contribution < -0.4 is 26.6 Å². The van der Waals surface area contributed by atoms with Gasteiger partial charge in [-0.05, 0) is 61.5 Å². The number of carbonyl (C=O) groups is 5. The quantitative estimate of drug-likeness (QED) is 0.228. The molecule has 2 heterocycles. The van der Waals surface area contributed by atoms with E-state index in [0.717, 1.165) is 11.1 Å². The normalized spacial score (nSPS) is 25.0. The lowest BCUT2D eigenvalue weighted by Crippen LogP contribution is -2.59. The van der Waals surface area contributed by atoms with Crippen molar-refractivity contribution in [3.05, 3.63) is 71.8 Å². The van der Waals surface area contributed by atoms with Gasteiger partial charge in [-0.25, -0.2) is 4.79 Å². The molecule has 0 radical (unpaired) electrons. The minimum absolute atomic E-state index is 0.0732.